The van der Waals surface area contributed by atoms with Gasteiger partial charge in [0.1, 0.15) is 0 Å². The fourth-order valence-electron chi connectivity index (χ4n) is 4.00. The van der Waals surface area contributed by atoms with Gasteiger partial charge >= 0.3 is 0 Å². The molecule has 2 rings (SSSR count). The zero-order chi connectivity index (χ0) is 16.6. The van der Waals surface area contributed by atoms with Crippen LogP contribution in [0.15, 0.2) is 30.3 Å². The van der Waals surface area contributed by atoms with Crippen molar-refractivity contribution >= 4 is 21.8 Å². The fraction of sp³-hybridized carbons (Fsp3) is 0.611. The number of alkyl halides is 1. The summed E-state index contributed by atoms with van der Waals surface area (Å²) >= 11 is 3.75. The third-order valence-electron chi connectivity index (χ3n) is 4.35. The molecular formula is C18H27BrN2O. The summed E-state index contributed by atoms with van der Waals surface area (Å²) in [6, 6.07) is 9.44. The average Bonchev–Trinajstić information content (AvgIpc) is 2.35. The Morgan fingerprint density at radius 1 is 1.14 bits per heavy atom. The maximum atomic E-state index is 12.7. The number of benzene rings is 1. The lowest BCUT2D eigenvalue weighted by atomic mass is 9.69. The molecule has 1 aromatic carbocycles. The van der Waals surface area contributed by atoms with E-state index in [-0.39, 0.29) is 27.4 Å². The third kappa shape index (κ3) is 3.90. The summed E-state index contributed by atoms with van der Waals surface area (Å²) in [7, 11) is 0. The number of halogens is 1. The highest BCUT2D eigenvalue weighted by atomic mass is 79.9. The molecule has 0 spiro atoms. The number of rotatable bonds is 3. The van der Waals surface area contributed by atoms with Crippen LogP contribution in [0.25, 0.3) is 0 Å². The van der Waals surface area contributed by atoms with Gasteiger partial charge in [0.2, 0.25) is 0 Å². The van der Waals surface area contributed by atoms with Gasteiger partial charge < -0.3 is 10.6 Å². The van der Waals surface area contributed by atoms with E-state index in [1.807, 2.05) is 30.3 Å². The normalized spacial score (nSPS) is 23.5. The van der Waals surface area contributed by atoms with Gasteiger partial charge in [0.25, 0.3) is 5.91 Å². The predicted octanol–water partition coefficient (Wildman–Crippen LogP) is 3.88. The zero-order valence-electron chi connectivity index (χ0n) is 14.2. The van der Waals surface area contributed by atoms with Gasteiger partial charge in [0.05, 0.1) is 5.54 Å². The van der Waals surface area contributed by atoms with Crippen molar-refractivity contribution < 1.29 is 4.79 Å². The Morgan fingerprint density at radius 2 is 1.64 bits per heavy atom. The minimum absolute atomic E-state index is 0.000370. The maximum absolute atomic E-state index is 12.7. The Labute approximate surface area is 142 Å². The number of nitrogens with one attached hydrogen (secondary N) is 2. The van der Waals surface area contributed by atoms with Crippen molar-refractivity contribution in [3.8, 4) is 0 Å². The van der Waals surface area contributed by atoms with Crippen molar-refractivity contribution in [3.05, 3.63) is 35.9 Å². The summed E-state index contributed by atoms with van der Waals surface area (Å²) in [5.41, 5.74) is 0.372. The molecule has 122 valence electrons. The van der Waals surface area contributed by atoms with E-state index < -0.39 is 0 Å². The molecular weight excluding hydrogens is 340 g/mol. The topological polar surface area (TPSA) is 41.1 Å². The Bertz CT molecular complexity index is 521. The monoisotopic (exact) mass is 366 g/mol. The lowest BCUT2D eigenvalue weighted by molar-refractivity contribution is 0.0644. The van der Waals surface area contributed by atoms with Crippen LogP contribution in [0, 0.1) is 0 Å². The molecule has 0 radical (unpaired) electrons. The zero-order valence-corrected chi connectivity index (χ0v) is 15.8. The summed E-state index contributed by atoms with van der Waals surface area (Å²) in [6.07, 6.45) is 1.77. The lowest BCUT2D eigenvalue weighted by Crippen LogP contribution is -2.70. The van der Waals surface area contributed by atoms with E-state index in [9.17, 15) is 4.79 Å². The van der Waals surface area contributed by atoms with Crippen LogP contribution in [0.2, 0.25) is 0 Å². The number of hydrogen-bond donors (Lipinski definition) is 2. The van der Waals surface area contributed by atoms with Gasteiger partial charge in [-0.15, -0.1) is 0 Å². The number of carbonyl (C=O) groups is 1. The van der Waals surface area contributed by atoms with Gasteiger partial charge in [-0.25, -0.2) is 0 Å². The standard InChI is InChI=1S/C18H27BrN2O/c1-13(19)18(11-16(2,3)21-17(4,5)12-18)20-15(22)14-9-7-6-8-10-14/h6-10,13,21H,11-12H2,1-5H3,(H,20,22). The minimum atomic E-state index is -0.273. The molecule has 4 heteroatoms. The quantitative estimate of drug-likeness (QED) is 0.796. The molecule has 1 amide bonds. The second kappa shape index (κ2) is 5.97. The largest absolute Gasteiger partial charge is 0.345 e. The van der Waals surface area contributed by atoms with Gasteiger partial charge in [0, 0.05) is 21.5 Å². The van der Waals surface area contributed by atoms with Crippen LogP contribution in [0.5, 0.6) is 0 Å². The molecule has 2 N–H and O–H groups in total. The minimum Gasteiger partial charge on any atom is -0.345 e. The average molecular weight is 367 g/mol. The van der Waals surface area contributed by atoms with Crippen LogP contribution in [-0.4, -0.2) is 27.4 Å². The smallest absolute Gasteiger partial charge is 0.251 e. The predicted molar refractivity (Wildman–Crippen MR) is 95.6 cm³/mol. The van der Waals surface area contributed by atoms with Gasteiger partial charge in [0.15, 0.2) is 0 Å². The van der Waals surface area contributed by atoms with Gasteiger partial charge in [-0.2, -0.15) is 0 Å². The summed E-state index contributed by atoms with van der Waals surface area (Å²) in [6.45, 7) is 10.9. The highest BCUT2D eigenvalue weighted by Crippen LogP contribution is 2.40. The molecule has 0 aromatic heterocycles. The molecule has 1 fully saturated rings. The molecule has 22 heavy (non-hydrogen) atoms. The van der Waals surface area contributed by atoms with Crippen molar-refractivity contribution in [1.82, 2.24) is 10.6 Å². The molecule has 0 saturated carbocycles. The first-order valence-electron chi connectivity index (χ1n) is 7.86. The fourth-order valence-corrected chi connectivity index (χ4v) is 4.44. The van der Waals surface area contributed by atoms with Crippen LogP contribution < -0.4 is 10.6 Å². The van der Waals surface area contributed by atoms with Crippen LogP contribution in [0.1, 0.15) is 57.8 Å². The highest BCUT2D eigenvalue weighted by molar-refractivity contribution is 9.09. The highest BCUT2D eigenvalue weighted by Gasteiger charge is 2.50. The van der Waals surface area contributed by atoms with E-state index in [2.05, 4.69) is 61.2 Å². The Kier molecular flexibility index (Phi) is 4.74. The second-order valence-corrected chi connectivity index (χ2v) is 9.21. The van der Waals surface area contributed by atoms with Gasteiger partial charge in [-0.1, -0.05) is 41.1 Å². The van der Waals surface area contributed by atoms with E-state index in [4.69, 9.17) is 0 Å². The number of carbonyl (C=O) groups excluding carboxylic acids is 1. The number of hydrogen-bond acceptors (Lipinski definition) is 2. The Morgan fingerprint density at radius 3 is 2.09 bits per heavy atom. The summed E-state index contributed by atoms with van der Waals surface area (Å²) in [5.74, 6) is 0.000370. The Hall–Kier alpha value is -0.870. The van der Waals surface area contributed by atoms with E-state index in [1.54, 1.807) is 0 Å². The van der Waals surface area contributed by atoms with E-state index in [0.29, 0.717) is 5.56 Å². The van der Waals surface area contributed by atoms with Gasteiger partial charge in [-0.3, -0.25) is 4.79 Å². The molecule has 0 aliphatic carbocycles. The van der Waals surface area contributed by atoms with Crippen molar-refractivity contribution in [1.29, 1.82) is 0 Å². The van der Waals surface area contributed by atoms with Crippen molar-refractivity contribution in [2.24, 2.45) is 0 Å². The van der Waals surface area contributed by atoms with Gasteiger partial charge in [-0.05, 0) is 52.7 Å². The van der Waals surface area contributed by atoms with E-state index >= 15 is 0 Å². The van der Waals surface area contributed by atoms with Crippen LogP contribution in [0.4, 0.5) is 0 Å². The molecule has 3 nitrogen and oxygen atoms in total. The lowest BCUT2D eigenvalue weighted by Gasteiger charge is -2.54. The van der Waals surface area contributed by atoms with Crippen molar-refractivity contribution in [2.45, 2.75) is 68.9 Å². The van der Waals surface area contributed by atoms with Crippen LogP contribution in [0.3, 0.4) is 0 Å². The molecule has 1 atom stereocenters. The number of piperidine rings is 1. The molecule has 1 aliphatic rings. The molecule has 1 unspecified atom stereocenters. The van der Waals surface area contributed by atoms with Crippen molar-refractivity contribution in [3.63, 3.8) is 0 Å². The maximum Gasteiger partial charge on any atom is 0.251 e. The molecule has 1 saturated heterocycles. The third-order valence-corrected chi connectivity index (χ3v) is 5.23. The van der Waals surface area contributed by atoms with Crippen LogP contribution in [-0.2, 0) is 0 Å². The summed E-state index contributed by atoms with van der Waals surface area (Å²) in [4.78, 5) is 12.9. The SMILES string of the molecule is CC(Br)C1(NC(=O)c2ccccc2)CC(C)(C)NC(C)(C)C1. The first kappa shape index (κ1) is 17.5. The molecule has 1 heterocycles. The summed E-state index contributed by atoms with van der Waals surface area (Å²) in [5, 5.41) is 7.02. The molecule has 0 bridgehead atoms. The molecule has 1 aromatic rings. The number of amides is 1. The Balaban J connectivity index is 2.31. The van der Waals surface area contributed by atoms with E-state index in [1.165, 1.54) is 0 Å². The van der Waals surface area contributed by atoms with Crippen molar-refractivity contribution in [2.75, 3.05) is 0 Å². The summed E-state index contributed by atoms with van der Waals surface area (Å²) < 4.78 is 0. The van der Waals surface area contributed by atoms with E-state index in [0.717, 1.165) is 12.8 Å². The van der Waals surface area contributed by atoms with Crippen LogP contribution >= 0.6 is 15.9 Å². The first-order valence-corrected chi connectivity index (χ1v) is 8.78. The first-order chi connectivity index (χ1) is 10.1. The molecule has 1 aliphatic heterocycles. The second-order valence-electron chi connectivity index (χ2n) is 7.84.